The highest BCUT2D eigenvalue weighted by atomic mass is 19.1. The Balaban J connectivity index is 2.13. The molecular formula is C15H20FNO3. The molecule has 1 saturated carbocycles. The van der Waals surface area contributed by atoms with E-state index in [4.69, 9.17) is 4.74 Å². The van der Waals surface area contributed by atoms with Crippen LogP contribution in [0.5, 0.6) is 5.75 Å². The molecule has 0 amide bonds. The topological polar surface area (TPSA) is 58.6 Å². The zero-order chi connectivity index (χ0) is 14.8. The maximum atomic E-state index is 13.3. The molecule has 5 heteroatoms. The Morgan fingerprint density at radius 3 is 2.95 bits per heavy atom. The molecular weight excluding hydrogens is 261 g/mol. The number of carboxylic acid groups (broad SMARTS) is 1. The predicted molar refractivity (Wildman–Crippen MR) is 73.4 cm³/mol. The maximum absolute atomic E-state index is 13.3. The fourth-order valence-electron chi connectivity index (χ4n) is 2.73. The van der Waals surface area contributed by atoms with E-state index in [0.29, 0.717) is 18.6 Å². The van der Waals surface area contributed by atoms with E-state index < -0.39 is 11.5 Å². The van der Waals surface area contributed by atoms with Gasteiger partial charge < -0.3 is 15.2 Å². The Hall–Kier alpha value is -1.62. The van der Waals surface area contributed by atoms with Crippen LogP contribution in [0.1, 0.15) is 31.2 Å². The quantitative estimate of drug-likeness (QED) is 0.890. The SMILES string of the molecule is CNC1(C(=O)O)CCCC(Oc2cc(F)ccc2C)C1. The number of rotatable bonds is 4. The molecule has 2 rings (SSSR count). The average molecular weight is 281 g/mol. The first-order chi connectivity index (χ1) is 9.47. The van der Waals surface area contributed by atoms with Gasteiger partial charge >= 0.3 is 5.97 Å². The van der Waals surface area contributed by atoms with E-state index >= 15 is 0 Å². The number of halogens is 1. The van der Waals surface area contributed by atoms with Crippen LogP contribution in [0.3, 0.4) is 0 Å². The summed E-state index contributed by atoms with van der Waals surface area (Å²) in [5.74, 6) is -0.712. The van der Waals surface area contributed by atoms with Crippen LogP contribution in [0.2, 0.25) is 0 Å². The second-order valence-corrected chi connectivity index (χ2v) is 5.38. The lowest BCUT2D eigenvalue weighted by Crippen LogP contribution is -2.55. The molecule has 4 nitrogen and oxygen atoms in total. The van der Waals surface area contributed by atoms with Gasteiger partial charge in [0.05, 0.1) is 0 Å². The highest BCUT2D eigenvalue weighted by molar-refractivity contribution is 5.79. The third-order valence-corrected chi connectivity index (χ3v) is 4.04. The Morgan fingerprint density at radius 2 is 2.30 bits per heavy atom. The minimum absolute atomic E-state index is 0.215. The lowest BCUT2D eigenvalue weighted by Gasteiger charge is -2.37. The highest BCUT2D eigenvalue weighted by Crippen LogP contribution is 2.32. The van der Waals surface area contributed by atoms with Crippen LogP contribution in [0.15, 0.2) is 18.2 Å². The van der Waals surface area contributed by atoms with E-state index in [1.807, 2.05) is 6.92 Å². The summed E-state index contributed by atoms with van der Waals surface area (Å²) in [5, 5.41) is 12.3. The molecule has 1 aliphatic rings. The highest BCUT2D eigenvalue weighted by Gasteiger charge is 2.42. The van der Waals surface area contributed by atoms with Gasteiger partial charge in [-0.15, -0.1) is 0 Å². The van der Waals surface area contributed by atoms with Crippen molar-refractivity contribution in [2.75, 3.05) is 7.05 Å². The summed E-state index contributed by atoms with van der Waals surface area (Å²) in [4.78, 5) is 11.4. The fourth-order valence-corrected chi connectivity index (χ4v) is 2.73. The van der Waals surface area contributed by atoms with E-state index in [-0.39, 0.29) is 11.9 Å². The second kappa shape index (κ2) is 5.79. The minimum Gasteiger partial charge on any atom is -0.490 e. The smallest absolute Gasteiger partial charge is 0.324 e. The molecule has 2 unspecified atom stereocenters. The number of hydrogen-bond acceptors (Lipinski definition) is 3. The molecule has 1 aliphatic carbocycles. The number of benzene rings is 1. The number of ether oxygens (including phenoxy) is 1. The Morgan fingerprint density at radius 1 is 1.55 bits per heavy atom. The molecule has 0 radical (unpaired) electrons. The number of aliphatic carboxylic acids is 1. The molecule has 0 aliphatic heterocycles. The maximum Gasteiger partial charge on any atom is 0.324 e. The first-order valence-electron chi connectivity index (χ1n) is 6.82. The van der Waals surface area contributed by atoms with E-state index in [1.165, 1.54) is 12.1 Å². The number of carboxylic acids is 1. The molecule has 1 aromatic rings. The van der Waals surface area contributed by atoms with Gasteiger partial charge in [-0.05, 0) is 44.9 Å². The molecule has 0 bridgehead atoms. The molecule has 0 spiro atoms. The molecule has 1 aromatic carbocycles. The first kappa shape index (κ1) is 14.8. The summed E-state index contributed by atoms with van der Waals surface area (Å²) in [6.07, 6.45) is 2.31. The summed E-state index contributed by atoms with van der Waals surface area (Å²) >= 11 is 0. The third kappa shape index (κ3) is 2.93. The standard InChI is InChI=1S/C15H20FNO3/c1-10-5-6-11(16)8-13(10)20-12-4-3-7-15(9-12,17-2)14(18)19/h5-6,8,12,17H,3-4,7,9H2,1-2H3,(H,18,19). The lowest BCUT2D eigenvalue weighted by molar-refractivity contribution is -0.147. The molecule has 0 saturated heterocycles. The number of hydrogen-bond donors (Lipinski definition) is 2. The average Bonchev–Trinajstić information content (AvgIpc) is 2.43. The van der Waals surface area contributed by atoms with Crippen LogP contribution in [-0.2, 0) is 4.79 Å². The normalized spacial score (nSPS) is 26.2. The van der Waals surface area contributed by atoms with Crippen LogP contribution >= 0.6 is 0 Å². The first-order valence-corrected chi connectivity index (χ1v) is 6.82. The van der Waals surface area contributed by atoms with E-state index in [2.05, 4.69) is 5.32 Å². The number of carbonyl (C=O) groups is 1. The van der Waals surface area contributed by atoms with Gasteiger partial charge in [0.1, 0.15) is 23.2 Å². The van der Waals surface area contributed by atoms with Gasteiger partial charge in [0.15, 0.2) is 0 Å². The van der Waals surface area contributed by atoms with Gasteiger partial charge in [-0.2, -0.15) is 0 Å². The molecule has 1 fully saturated rings. The minimum atomic E-state index is -0.940. The van der Waals surface area contributed by atoms with Crippen LogP contribution in [0.25, 0.3) is 0 Å². The molecule has 2 atom stereocenters. The van der Waals surface area contributed by atoms with Crippen molar-refractivity contribution < 1.29 is 19.0 Å². The largest absolute Gasteiger partial charge is 0.490 e. The summed E-state index contributed by atoms with van der Waals surface area (Å²) < 4.78 is 19.1. The fraction of sp³-hybridized carbons (Fsp3) is 0.533. The summed E-state index contributed by atoms with van der Waals surface area (Å²) in [6.45, 7) is 1.85. The van der Waals surface area contributed by atoms with Crippen molar-refractivity contribution in [2.45, 2.75) is 44.2 Å². The zero-order valence-electron chi connectivity index (χ0n) is 11.8. The second-order valence-electron chi connectivity index (χ2n) is 5.38. The Kier molecular flexibility index (Phi) is 4.28. The van der Waals surface area contributed by atoms with Crippen LogP contribution in [-0.4, -0.2) is 29.8 Å². The van der Waals surface area contributed by atoms with Gasteiger partial charge in [-0.25, -0.2) is 4.39 Å². The van der Waals surface area contributed by atoms with Crippen molar-refractivity contribution in [3.63, 3.8) is 0 Å². The summed E-state index contributed by atoms with van der Waals surface area (Å²) in [7, 11) is 1.66. The monoisotopic (exact) mass is 281 g/mol. The van der Waals surface area contributed by atoms with E-state index in [9.17, 15) is 14.3 Å². The summed E-state index contributed by atoms with van der Waals surface area (Å²) in [6, 6.07) is 4.40. The number of likely N-dealkylation sites (N-methyl/N-ethyl adjacent to an activating group) is 1. The van der Waals surface area contributed by atoms with Crippen molar-refractivity contribution in [2.24, 2.45) is 0 Å². The lowest BCUT2D eigenvalue weighted by atomic mass is 9.80. The van der Waals surface area contributed by atoms with Gasteiger partial charge in [-0.3, -0.25) is 4.79 Å². The Labute approximate surface area is 117 Å². The zero-order valence-corrected chi connectivity index (χ0v) is 11.8. The van der Waals surface area contributed by atoms with Crippen molar-refractivity contribution in [1.29, 1.82) is 0 Å². The van der Waals surface area contributed by atoms with Crippen LogP contribution in [0.4, 0.5) is 4.39 Å². The van der Waals surface area contributed by atoms with Gasteiger partial charge in [-0.1, -0.05) is 6.07 Å². The van der Waals surface area contributed by atoms with Crippen molar-refractivity contribution in [1.82, 2.24) is 5.32 Å². The molecule has 20 heavy (non-hydrogen) atoms. The van der Waals surface area contributed by atoms with Crippen molar-refractivity contribution >= 4 is 5.97 Å². The van der Waals surface area contributed by atoms with Gasteiger partial charge in [0.25, 0.3) is 0 Å². The number of nitrogens with one attached hydrogen (secondary N) is 1. The van der Waals surface area contributed by atoms with Crippen LogP contribution in [0, 0.1) is 12.7 Å². The van der Waals surface area contributed by atoms with Crippen molar-refractivity contribution in [3.05, 3.63) is 29.6 Å². The van der Waals surface area contributed by atoms with E-state index in [0.717, 1.165) is 18.4 Å². The predicted octanol–water partition coefficient (Wildman–Crippen LogP) is 2.50. The van der Waals surface area contributed by atoms with E-state index in [1.54, 1.807) is 13.1 Å². The number of aryl methyl sites for hydroxylation is 1. The van der Waals surface area contributed by atoms with Gasteiger partial charge in [0.2, 0.25) is 0 Å². The molecule has 0 aromatic heterocycles. The Bertz CT molecular complexity index is 506. The van der Waals surface area contributed by atoms with Crippen molar-refractivity contribution in [3.8, 4) is 5.75 Å². The molecule has 0 heterocycles. The molecule has 110 valence electrons. The molecule has 2 N–H and O–H groups in total. The third-order valence-electron chi connectivity index (χ3n) is 4.04. The summed E-state index contributed by atoms with van der Waals surface area (Å²) in [5.41, 5.74) is -0.0909. The van der Waals surface area contributed by atoms with Crippen LogP contribution < -0.4 is 10.1 Å². The van der Waals surface area contributed by atoms with Gasteiger partial charge in [0, 0.05) is 12.5 Å².